The number of halogens is 1. The molecule has 1 heterocycles. The third-order valence-corrected chi connectivity index (χ3v) is 1.54. The van der Waals surface area contributed by atoms with Gasteiger partial charge >= 0.3 is 0 Å². The van der Waals surface area contributed by atoms with Gasteiger partial charge in [0, 0.05) is 6.54 Å². The number of anilines is 1. The molecule has 0 saturated heterocycles. The summed E-state index contributed by atoms with van der Waals surface area (Å²) in [7, 11) is 0. The summed E-state index contributed by atoms with van der Waals surface area (Å²) >= 11 is 0. The molecule has 0 bridgehead atoms. The third-order valence-electron chi connectivity index (χ3n) is 1.54. The lowest BCUT2D eigenvalue weighted by Gasteiger charge is -2.06. The maximum atomic E-state index is 13.3. The molecule has 1 N–H and O–H groups in total. The van der Waals surface area contributed by atoms with E-state index in [9.17, 15) is 4.39 Å². The van der Waals surface area contributed by atoms with Crippen molar-refractivity contribution in [1.29, 1.82) is 0 Å². The van der Waals surface area contributed by atoms with E-state index in [0.717, 1.165) is 0 Å². The van der Waals surface area contributed by atoms with Crippen LogP contribution in [0.3, 0.4) is 0 Å². The lowest BCUT2D eigenvalue weighted by atomic mass is 10.4. The standard InChI is InChI=1S/C9H12FN3/c1-4-5-11-9-8(10)6(2)12-7(3)13-9/h4H,1,5H2,2-3H3,(H,11,12,13). The maximum Gasteiger partial charge on any atom is 0.186 e. The van der Waals surface area contributed by atoms with Crippen molar-refractivity contribution in [2.24, 2.45) is 0 Å². The molecule has 0 spiro atoms. The van der Waals surface area contributed by atoms with Crippen molar-refractivity contribution in [3.05, 3.63) is 30.0 Å². The van der Waals surface area contributed by atoms with Gasteiger partial charge in [0.25, 0.3) is 0 Å². The highest BCUT2D eigenvalue weighted by molar-refractivity contribution is 5.38. The molecule has 4 heteroatoms. The first kappa shape index (κ1) is 9.64. The topological polar surface area (TPSA) is 37.8 Å². The van der Waals surface area contributed by atoms with Crippen LogP contribution < -0.4 is 5.32 Å². The fourth-order valence-electron chi connectivity index (χ4n) is 0.985. The van der Waals surface area contributed by atoms with Crippen molar-refractivity contribution in [2.45, 2.75) is 13.8 Å². The van der Waals surface area contributed by atoms with Crippen LogP contribution in [0.25, 0.3) is 0 Å². The average molecular weight is 181 g/mol. The number of aryl methyl sites for hydroxylation is 2. The lowest BCUT2D eigenvalue weighted by Crippen LogP contribution is -2.07. The predicted octanol–water partition coefficient (Wildman–Crippen LogP) is 1.83. The molecule has 13 heavy (non-hydrogen) atoms. The van der Waals surface area contributed by atoms with Crippen molar-refractivity contribution < 1.29 is 4.39 Å². The normalized spacial score (nSPS) is 9.77. The number of nitrogens with zero attached hydrogens (tertiary/aromatic N) is 2. The van der Waals surface area contributed by atoms with Gasteiger partial charge in [0.05, 0.1) is 5.69 Å². The Morgan fingerprint density at radius 3 is 2.77 bits per heavy atom. The van der Waals surface area contributed by atoms with Gasteiger partial charge in [-0.2, -0.15) is 0 Å². The average Bonchev–Trinajstić information content (AvgIpc) is 2.09. The van der Waals surface area contributed by atoms with Crippen LogP contribution in [0.15, 0.2) is 12.7 Å². The van der Waals surface area contributed by atoms with Crippen LogP contribution in [0.1, 0.15) is 11.5 Å². The Morgan fingerprint density at radius 2 is 2.15 bits per heavy atom. The summed E-state index contributed by atoms with van der Waals surface area (Å²) in [6.07, 6.45) is 1.65. The molecule has 1 rings (SSSR count). The van der Waals surface area contributed by atoms with Crippen molar-refractivity contribution in [1.82, 2.24) is 9.97 Å². The van der Waals surface area contributed by atoms with Crippen LogP contribution in [-0.4, -0.2) is 16.5 Å². The third kappa shape index (κ3) is 2.24. The Kier molecular flexibility index (Phi) is 2.95. The Morgan fingerprint density at radius 1 is 1.46 bits per heavy atom. The summed E-state index contributed by atoms with van der Waals surface area (Å²) in [6, 6.07) is 0. The van der Waals surface area contributed by atoms with E-state index in [2.05, 4.69) is 21.9 Å². The summed E-state index contributed by atoms with van der Waals surface area (Å²) in [5.41, 5.74) is 0.360. The van der Waals surface area contributed by atoms with Crippen LogP contribution >= 0.6 is 0 Å². The Labute approximate surface area is 76.7 Å². The number of hydrogen-bond donors (Lipinski definition) is 1. The van der Waals surface area contributed by atoms with Gasteiger partial charge in [-0.3, -0.25) is 0 Å². The smallest absolute Gasteiger partial charge is 0.186 e. The van der Waals surface area contributed by atoms with E-state index in [1.165, 1.54) is 0 Å². The molecule has 0 aromatic carbocycles. The summed E-state index contributed by atoms with van der Waals surface area (Å²) in [4.78, 5) is 7.82. The monoisotopic (exact) mass is 181 g/mol. The number of hydrogen-bond acceptors (Lipinski definition) is 3. The van der Waals surface area contributed by atoms with E-state index in [0.29, 0.717) is 18.1 Å². The zero-order chi connectivity index (χ0) is 9.84. The molecule has 0 fully saturated rings. The summed E-state index contributed by atoms with van der Waals surface area (Å²) in [5.74, 6) is 0.405. The van der Waals surface area contributed by atoms with E-state index in [1.807, 2.05) is 0 Å². The second-order valence-electron chi connectivity index (χ2n) is 2.69. The molecule has 70 valence electrons. The summed E-state index contributed by atoms with van der Waals surface area (Å²) in [6.45, 7) is 7.36. The van der Waals surface area contributed by atoms with Crippen molar-refractivity contribution in [3.63, 3.8) is 0 Å². The molecular weight excluding hydrogens is 169 g/mol. The molecule has 0 aliphatic rings. The molecule has 1 aromatic rings. The second-order valence-corrected chi connectivity index (χ2v) is 2.69. The quantitative estimate of drug-likeness (QED) is 0.723. The molecule has 0 amide bonds. The molecule has 0 saturated carbocycles. The minimum absolute atomic E-state index is 0.241. The van der Waals surface area contributed by atoms with Crippen LogP contribution in [0.4, 0.5) is 10.2 Å². The minimum atomic E-state index is -0.396. The highest BCUT2D eigenvalue weighted by Crippen LogP contribution is 2.12. The number of aromatic nitrogens is 2. The number of rotatable bonds is 3. The van der Waals surface area contributed by atoms with Crippen molar-refractivity contribution in [3.8, 4) is 0 Å². The Bertz CT molecular complexity index is 323. The highest BCUT2D eigenvalue weighted by atomic mass is 19.1. The number of nitrogens with one attached hydrogen (secondary N) is 1. The fraction of sp³-hybridized carbons (Fsp3) is 0.333. The van der Waals surface area contributed by atoms with E-state index in [1.54, 1.807) is 19.9 Å². The maximum absolute atomic E-state index is 13.3. The van der Waals surface area contributed by atoms with Gasteiger partial charge < -0.3 is 5.32 Å². The Balaban J connectivity index is 2.98. The van der Waals surface area contributed by atoms with Gasteiger partial charge in [-0.1, -0.05) is 6.08 Å². The van der Waals surface area contributed by atoms with Gasteiger partial charge in [0.1, 0.15) is 5.82 Å². The van der Waals surface area contributed by atoms with E-state index >= 15 is 0 Å². The van der Waals surface area contributed by atoms with E-state index in [-0.39, 0.29) is 5.82 Å². The first-order valence-electron chi connectivity index (χ1n) is 4.00. The van der Waals surface area contributed by atoms with Gasteiger partial charge in [0.15, 0.2) is 11.6 Å². The molecule has 0 unspecified atom stereocenters. The van der Waals surface area contributed by atoms with Gasteiger partial charge in [-0.15, -0.1) is 6.58 Å². The lowest BCUT2D eigenvalue weighted by molar-refractivity contribution is 0.603. The zero-order valence-corrected chi connectivity index (χ0v) is 7.76. The highest BCUT2D eigenvalue weighted by Gasteiger charge is 2.07. The summed E-state index contributed by atoms with van der Waals surface area (Å²) in [5, 5.41) is 2.80. The summed E-state index contributed by atoms with van der Waals surface area (Å²) < 4.78 is 13.3. The molecule has 0 radical (unpaired) electrons. The second kappa shape index (κ2) is 3.98. The molecule has 0 aliphatic carbocycles. The molecule has 0 atom stereocenters. The fourth-order valence-corrected chi connectivity index (χ4v) is 0.985. The van der Waals surface area contributed by atoms with Crippen LogP contribution in [0.2, 0.25) is 0 Å². The van der Waals surface area contributed by atoms with Crippen LogP contribution in [0, 0.1) is 19.7 Å². The van der Waals surface area contributed by atoms with Crippen LogP contribution in [0.5, 0.6) is 0 Å². The van der Waals surface area contributed by atoms with E-state index < -0.39 is 5.82 Å². The van der Waals surface area contributed by atoms with Gasteiger partial charge in [0.2, 0.25) is 0 Å². The zero-order valence-electron chi connectivity index (χ0n) is 7.76. The van der Waals surface area contributed by atoms with Gasteiger partial charge in [-0.25, -0.2) is 14.4 Å². The minimum Gasteiger partial charge on any atom is -0.364 e. The van der Waals surface area contributed by atoms with Gasteiger partial charge in [-0.05, 0) is 13.8 Å². The SMILES string of the molecule is C=CCNc1nc(C)nc(C)c1F. The van der Waals surface area contributed by atoms with Crippen molar-refractivity contribution in [2.75, 3.05) is 11.9 Å². The van der Waals surface area contributed by atoms with Crippen LogP contribution in [-0.2, 0) is 0 Å². The van der Waals surface area contributed by atoms with E-state index in [4.69, 9.17) is 0 Å². The largest absolute Gasteiger partial charge is 0.364 e. The molecular formula is C9H12FN3. The predicted molar refractivity (Wildman–Crippen MR) is 50.2 cm³/mol. The first-order chi connectivity index (χ1) is 6.15. The molecule has 0 aliphatic heterocycles. The molecule has 3 nitrogen and oxygen atoms in total. The first-order valence-corrected chi connectivity index (χ1v) is 4.00. The Hall–Kier alpha value is -1.45. The van der Waals surface area contributed by atoms with Crippen molar-refractivity contribution >= 4 is 5.82 Å². The molecule has 1 aromatic heterocycles.